The summed E-state index contributed by atoms with van der Waals surface area (Å²) >= 11 is 3.52. The van der Waals surface area contributed by atoms with Gasteiger partial charge >= 0.3 is 0 Å². The van der Waals surface area contributed by atoms with Crippen LogP contribution in [0.5, 0.6) is 17.4 Å². The molecule has 2 aromatic rings. The fraction of sp³-hybridized carbons (Fsp3) is 0.278. The van der Waals surface area contributed by atoms with Crippen LogP contribution < -0.4 is 19.5 Å². The Bertz CT molecular complexity index is 650. The molecule has 0 saturated carbocycles. The van der Waals surface area contributed by atoms with Crippen molar-refractivity contribution in [3.05, 3.63) is 59.2 Å². The number of pyridine rings is 1. The number of nitrogens with one attached hydrogen (secondary N) is 1. The van der Waals surface area contributed by atoms with Crippen LogP contribution in [0.2, 0.25) is 0 Å². The summed E-state index contributed by atoms with van der Waals surface area (Å²) in [6.07, 6.45) is 3.41. The van der Waals surface area contributed by atoms with E-state index in [1.54, 1.807) is 19.4 Å². The predicted octanol–water partition coefficient (Wildman–Crippen LogP) is 3.59. The van der Waals surface area contributed by atoms with Crippen LogP contribution in [0, 0.1) is 0 Å². The van der Waals surface area contributed by atoms with Crippen LogP contribution in [0.15, 0.2) is 53.7 Å². The SMILES string of the molecule is C=CCOc1c(Br)cc(CNCCOc2ccccn2)cc1OC. The Morgan fingerprint density at radius 3 is 2.88 bits per heavy atom. The van der Waals surface area contributed by atoms with E-state index in [4.69, 9.17) is 14.2 Å². The summed E-state index contributed by atoms with van der Waals surface area (Å²) in [4.78, 5) is 4.11. The average Bonchev–Trinajstić information content (AvgIpc) is 2.61. The first kappa shape index (κ1) is 18.3. The molecule has 0 unspecified atom stereocenters. The molecule has 24 heavy (non-hydrogen) atoms. The van der Waals surface area contributed by atoms with Gasteiger partial charge in [0.05, 0.1) is 11.6 Å². The summed E-state index contributed by atoms with van der Waals surface area (Å²) in [7, 11) is 1.63. The molecule has 0 bridgehead atoms. The average molecular weight is 393 g/mol. The summed E-state index contributed by atoms with van der Waals surface area (Å²) < 4.78 is 17.4. The van der Waals surface area contributed by atoms with Gasteiger partial charge in [-0.05, 0) is 39.7 Å². The molecular weight excluding hydrogens is 372 g/mol. The van der Waals surface area contributed by atoms with Crippen LogP contribution >= 0.6 is 15.9 Å². The number of halogens is 1. The van der Waals surface area contributed by atoms with E-state index in [2.05, 4.69) is 32.8 Å². The second kappa shape index (κ2) is 9.95. The molecule has 2 rings (SSSR count). The molecule has 1 aromatic heterocycles. The third-order valence-electron chi connectivity index (χ3n) is 3.13. The van der Waals surface area contributed by atoms with Crippen LogP contribution in [-0.4, -0.2) is 31.9 Å². The molecule has 1 heterocycles. The van der Waals surface area contributed by atoms with Gasteiger partial charge < -0.3 is 19.5 Å². The molecular formula is C18H21BrN2O3. The number of aromatic nitrogens is 1. The minimum atomic E-state index is 0.428. The van der Waals surface area contributed by atoms with Crippen LogP contribution in [0.3, 0.4) is 0 Å². The molecule has 6 heteroatoms. The fourth-order valence-corrected chi connectivity index (χ4v) is 2.65. The molecule has 0 spiro atoms. The van der Waals surface area contributed by atoms with E-state index < -0.39 is 0 Å². The van der Waals surface area contributed by atoms with Crippen LogP contribution in [-0.2, 0) is 6.54 Å². The molecule has 0 fully saturated rings. The number of hydrogen-bond acceptors (Lipinski definition) is 5. The number of ether oxygens (including phenoxy) is 3. The number of rotatable bonds is 10. The maximum Gasteiger partial charge on any atom is 0.213 e. The number of benzene rings is 1. The molecule has 1 aromatic carbocycles. The molecule has 5 nitrogen and oxygen atoms in total. The second-order valence-corrected chi connectivity index (χ2v) is 5.76. The van der Waals surface area contributed by atoms with Gasteiger partial charge in [0, 0.05) is 25.4 Å². The minimum absolute atomic E-state index is 0.428. The number of hydrogen-bond donors (Lipinski definition) is 1. The summed E-state index contributed by atoms with van der Waals surface area (Å²) in [6, 6.07) is 9.56. The number of nitrogens with zero attached hydrogens (tertiary/aromatic N) is 1. The first-order chi connectivity index (χ1) is 11.7. The molecule has 0 aliphatic carbocycles. The molecule has 128 valence electrons. The maximum absolute atomic E-state index is 5.62. The van der Waals surface area contributed by atoms with Crippen molar-refractivity contribution in [2.45, 2.75) is 6.54 Å². The van der Waals surface area contributed by atoms with Crippen molar-refractivity contribution < 1.29 is 14.2 Å². The van der Waals surface area contributed by atoms with Gasteiger partial charge in [0.25, 0.3) is 0 Å². The largest absolute Gasteiger partial charge is 0.493 e. The topological polar surface area (TPSA) is 52.6 Å². The van der Waals surface area contributed by atoms with Crippen molar-refractivity contribution in [1.82, 2.24) is 10.3 Å². The zero-order valence-electron chi connectivity index (χ0n) is 13.6. The summed E-state index contributed by atoms with van der Waals surface area (Å²) in [5, 5.41) is 3.33. The van der Waals surface area contributed by atoms with Gasteiger partial charge in [-0.25, -0.2) is 4.98 Å². The molecule has 0 radical (unpaired) electrons. The van der Waals surface area contributed by atoms with Crippen molar-refractivity contribution in [2.24, 2.45) is 0 Å². The first-order valence-electron chi connectivity index (χ1n) is 7.59. The fourth-order valence-electron chi connectivity index (χ4n) is 2.05. The van der Waals surface area contributed by atoms with Crippen molar-refractivity contribution in [2.75, 3.05) is 26.9 Å². The van der Waals surface area contributed by atoms with E-state index >= 15 is 0 Å². The second-order valence-electron chi connectivity index (χ2n) is 4.90. The zero-order valence-corrected chi connectivity index (χ0v) is 15.2. The van der Waals surface area contributed by atoms with Crippen molar-refractivity contribution >= 4 is 15.9 Å². The Morgan fingerprint density at radius 2 is 2.17 bits per heavy atom. The molecule has 0 aliphatic rings. The molecule has 0 atom stereocenters. The van der Waals surface area contributed by atoms with Crippen molar-refractivity contribution in [3.8, 4) is 17.4 Å². The molecule has 0 aliphatic heterocycles. The molecule has 1 N–H and O–H groups in total. The van der Waals surface area contributed by atoms with E-state index in [0.717, 1.165) is 10.0 Å². The lowest BCUT2D eigenvalue weighted by Gasteiger charge is -2.14. The highest BCUT2D eigenvalue weighted by Gasteiger charge is 2.11. The maximum atomic E-state index is 5.62. The highest BCUT2D eigenvalue weighted by atomic mass is 79.9. The summed E-state index contributed by atoms with van der Waals surface area (Å²) in [5.41, 5.74) is 1.09. The van der Waals surface area contributed by atoms with Gasteiger partial charge in [0.15, 0.2) is 11.5 Å². The van der Waals surface area contributed by atoms with Crippen LogP contribution in [0.25, 0.3) is 0 Å². The predicted molar refractivity (Wildman–Crippen MR) is 97.8 cm³/mol. The van der Waals surface area contributed by atoms with Crippen molar-refractivity contribution in [3.63, 3.8) is 0 Å². The lowest BCUT2D eigenvalue weighted by atomic mass is 10.2. The van der Waals surface area contributed by atoms with Crippen molar-refractivity contribution in [1.29, 1.82) is 0 Å². The highest BCUT2D eigenvalue weighted by Crippen LogP contribution is 2.36. The lowest BCUT2D eigenvalue weighted by molar-refractivity contribution is 0.302. The Balaban J connectivity index is 1.83. The van der Waals surface area contributed by atoms with E-state index in [1.807, 2.05) is 30.3 Å². The third kappa shape index (κ3) is 5.54. The Kier molecular flexibility index (Phi) is 7.58. The Hall–Kier alpha value is -2.05. The Morgan fingerprint density at radius 1 is 1.29 bits per heavy atom. The normalized spacial score (nSPS) is 10.2. The standard InChI is InChI=1S/C18H21BrN2O3/c1-3-9-24-18-15(19)11-14(12-16(18)22-2)13-20-8-10-23-17-6-4-5-7-21-17/h3-7,11-12,20H,1,8-10,13H2,2H3. The quantitative estimate of drug-likeness (QED) is 0.494. The minimum Gasteiger partial charge on any atom is -0.493 e. The smallest absolute Gasteiger partial charge is 0.213 e. The molecule has 0 saturated heterocycles. The van der Waals surface area contributed by atoms with Gasteiger partial charge in [-0.2, -0.15) is 0 Å². The lowest BCUT2D eigenvalue weighted by Crippen LogP contribution is -2.20. The van der Waals surface area contributed by atoms with Gasteiger partial charge in [0.1, 0.15) is 13.2 Å². The Labute approximate surface area is 150 Å². The van der Waals surface area contributed by atoms with Crippen LogP contribution in [0.4, 0.5) is 0 Å². The summed E-state index contributed by atoms with van der Waals surface area (Å²) in [6.45, 7) is 6.04. The summed E-state index contributed by atoms with van der Waals surface area (Å²) in [5.74, 6) is 2.00. The zero-order chi connectivity index (χ0) is 17.2. The van der Waals surface area contributed by atoms with Gasteiger partial charge in [-0.3, -0.25) is 0 Å². The number of methoxy groups -OCH3 is 1. The third-order valence-corrected chi connectivity index (χ3v) is 3.72. The van der Waals surface area contributed by atoms with E-state index in [0.29, 0.717) is 43.7 Å². The van der Waals surface area contributed by atoms with E-state index in [-0.39, 0.29) is 0 Å². The van der Waals surface area contributed by atoms with E-state index in [9.17, 15) is 0 Å². The van der Waals surface area contributed by atoms with Crippen LogP contribution in [0.1, 0.15) is 5.56 Å². The molecule has 0 amide bonds. The first-order valence-corrected chi connectivity index (χ1v) is 8.38. The van der Waals surface area contributed by atoms with Gasteiger partial charge in [-0.1, -0.05) is 18.7 Å². The highest BCUT2D eigenvalue weighted by molar-refractivity contribution is 9.10. The monoisotopic (exact) mass is 392 g/mol. The van der Waals surface area contributed by atoms with E-state index in [1.165, 1.54) is 0 Å². The van der Waals surface area contributed by atoms with Gasteiger partial charge in [0.2, 0.25) is 5.88 Å². The van der Waals surface area contributed by atoms with Gasteiger partial charge in [-0.15, -0.1) is 0 Å².